The van der Waals surface area contributed by atoms with Gasteiger partial charge in [0.25, 0.3) is 0 Å². The first-order valence-electron chi connectivity index (χ1n) is 5.19. The lowest BCUT2D eigenvalue weighted by Crippen LogP contribution is -2.08. The first-order chi connectivity index (χ1) is 8.58. The van der Waals surface area contributed by atoms with E-state index in [4.69, 9.17) is 41.2 Å². The Balaban J connectivity index is 2.26. The molecule has 0 radical (unpaired) electrons. The largest absolute Gasteiger partial charge is 0.389 e. The van der Waals surface area contributed by atoms with Gasteiger partial charge >= 0.3 is 0 Å². The predicted molar refractivity (Wildman–Crippen MR) is 82.1 cm³/mol. The van der Waals surface area contributed by atoms with Crippen molar-refractivity contribution < 1.29 is 0 Å². The number of hydrogen-bond acceptors (Lipinski definition) is 2. The third-order valence-corrected chi connectivity index (χ3v) is 3.27. The minimum Gasteiger partial charge on any atom is -0.389 e. The molecule has 2 aromatic rings. The van der Waals surface area contributed by atoms with Crippen LogP contribution in [-0.2, 0) is 0 Å². The fourth-order valence-corrected chi connectivity index (χ4v) is 2.11. The van der Waals surface area contributed by atoms with Crippen molar-refractivity contribution in [2.75, 3.05) is 5.32 Å². The van der Waals surface area contributed by atoms with Crippen LogP contribution in [0.25, 0.3) is 0 Å². The zero-order chi connectivity index (χ0) is 13.1. The van der Waals surface area contributed by atoms with Crippen molar-refractivity contribution in [2.24, 2.45) is 5.73 Å². The van der Waals surface area contributed by atoms with Crippen LogP contribution in [-0.4, -0.2) is 4.99 Å². The minimum absolute atomic E-state index is 0.373. The summed E-state index contributed by atoms with van der Waals surface area (Å²) in [5, 5.41) is 4.30. The number of halogens is 2. The summed E-state index contributed by atoms with van der Waals surface area (Å²) in [7, 11) is 0. The molecule has 2 nitrogen and oxygen atoms in total. The van der Waals surface area contributed by atoms with Crippen molar-refractivity contribution in [1.29, 1.82) is 0 Å². The van der Waals surface area contributed by atoms with Crippen LogP contribution in [0, 0.1) is 0 Å². The van der Waals surface area contributed by atoms with Gasteiger partial charge in [-0.05, 0) is 36.4 Å². The van der Waals surface area contributed by atoms with Crippen LogP contribution < -0.4 is 11.1 Å². The van der Waals surface area contributed by atoms with Crippen LogP contribution >= 0.6 is 35.4 Å². The quantitative estimate of drug-likeness (QED) is 0.826. The molecule has 0 spiro atoms. The van der Waals surface area contributed by atoms with Gasteiger partial charge in [-0.3, -0.25) is 0 Å². The van der Waals surface area contributed by atoms with E-state index < -0.39 is 0 Å². The van der Waals surface area contributed by atoms with Gasteiger partial charge in [0.2, 0.25) is 0 Å². The highest BCUT2D eigenvalue weighted by atomic mass is 35.5. The number of hydrogen-bond donors (Lipinski definition) is 2. The molecular formula is C13H10Cl2N2S. The molecule has 2 rings (SSSR count). The van der Waals surface area contributed by atoms with Crippen molar-refractivity contribution in [3.8, 4) is 0 Å². The van der Waals surface area contributed by atoms with Crippen molar-refractivity contribution >= 4 is 51.8 Å². The molecule has 0 amide bonds. The summed E-state index contributed by atoms with van der Waals surface area (Å²) in [5.41, 5.74) is 7.90. The smallest absolute Gasteiger partial charge is 0.103 e. The molecule has 0 bridgehead atoms. The van der Waals surface area contributed by atoms with E-state index in [1.165, 1.54) is 0 Å². The number of anilines is 2. The highest BCUT2D eigenvalue weighted by Crippen LogP contribution is 2.32. The third-order valence-electron chi connectivity index (χ3n) is 2.40. The fraction of sp³-hybridized carbons (Fsp3) is 0. The van der Waals surface area contributed by atoms with Crippen molar-refractivity contribution in [3.05, 3.63) is 58.1 Å². The average Bonchev–Trinajstić information content (AvgIpc) is 2.34. The topological polar surface area (TPSA) is 38.0 Å². The fourth-order valence-electron chi connectivity index (χ4n) is 1.48. The normalized spacial score (nSPS) is 10.1. The molecule has 3 N–H and O–H groups in total. The maximum atomic E-state index is 6.07. The van der Waals surface area contributed by atoms with Gasteiger partial charge in [-0.2, -0.15) is 0 Å². The van der Waals surface area contributed by atoms with Gasteiger partial charge in [0.05, 0.1) is 15.7 Å². The summed E-state index contributed by atoms with van der Waals surface area (Å²) in [6.45, 7) is 0. The molecule has 2 aromatic carbocycles. The molecule has 0 aromatic heterocycles. The summed E-state index contributed by atoms with van der Waals surface area (Å²) in [4.78, 5) is 0.373. The average molecular weight is 297 g/mol. The van der Waals surface area contributed by atoms with Gasteiger partial charge in [-0.25, -0.2) is 0 Å². The summed E-state index contributed by atoms with van der Waals surface area (Å²) in [5.74, 6) is 0. The monoisotopic (exact) mass is 296 g/mol. The maximum absolute atomic E-state index is 6.07. The molecule has 0 aliphatic carbocycles. The van der Waals surface area contributed by atoms with E-state index in [0.717, 1.165) is 11.3 Å². The lowest BCUT2D eigenvalue weighted by atomic mass is 10.2. The molecule has 0 aliphatic rings. The Morgan fingerprint density at radius 2 is 1.56 bits per heavy atom. The number of rotatable bonds is 3. The molecule has 0 unspecified atom stereocenters. The third kappa shape index (κ3) is 2.93. The van der Waals surface area contributed by atoms with E-state index in [1.807, 2.05) is 24.3 Å². The summed E-state index contributed by atoms with van der Waals surface area (Å²) < 4.78 is 0. The van der Waals surface area contributed by atoms with E-state index in [1.54, 1.807) is 18.2 Å². The Hall–Kier alpha value is -1.29. The molecule has 0 heterocycles. The molecule has 5 heteroatoms. The van der Waals surface area contributed by atoms with Gasteiger partial charge in [0.15, 0.2) is 0 Å². The van der Waals surface area contributed by atoms with Gasteiger partial charge in [0, 0.05) is 11.3 Å². The molecular weight excluding hydrogens is 287 g/mol. The van der Waals surface area contributed by atoms with E-state index in [-0.39, 0.29) is 0 Å². The summed E-state index contributed by atoms with van der Waals surface area (Å²) in [6.07, 6.45) is 0. The molecule has 18 heavy (non-hydrogen) atoms. The molecule has 0 saturated carbocycles. The highest BCUT2D eigenvalue weighted by Gasteiger charge is 2.05. The summed E-state index contributed by atoms with van der Waals surface area (Å²) >= 11 is 17.0. The Bertz CT molecular complexity index is 562. The second kappa shape index (κ2) is 5.57. The molecule has 0 aliphatic heterocycles. The number of nitrogens with one attached hydrogen (secondary N) is 1. The second-order valence-electron chi connectivity index (χ2n) is 3.66. The van der Waals surface area contributed by atoms with E-state index in [9.17, 15) is 0 Å². The van der Waals surface area contributed by atoms with Gasteiger partial charge < -0.3 is 11.1 Å². The molecule has 0 atom stereocenters. The van der Waals surface area contributed by atoms with E-state index in [2.05, 4.69) is 5.32 Å². The Labute approximate surface area is 121 Å². The van der Waals surface area contributed by atoms with Crippen LogP contribution in [0.15, 0.2) is 42.5 Å². The van der Waals surface area contributed by atoms with Gasteiger partial charge in [-0.15, -0.1) is 0 Å². The van der Waals surface area contributed by atoms with Crippen molar-refractivity contribution in [1.82, 2.24) is 0 Å². The zero-order valence-electron chi connectivity index (χ0n) is 9.28. The lowest BCUT2D eigenvalue weighted by Gasteiger charge is -2.10. The zero-order valence-corrected chi connectivity index (χ0v) is 11.6. The van der Waals surface area contributed by atoms with Gasteiger partial charge in [-0.1, -0.05) is 41.5 Å². The molecule has 0 saturated heterocycles. The highest BCUT2D eigenvalue weighted by molar-refractivity contribution is 7.80. The number of benzene rings is 2. The maximum Gasteiger partial charge on any atom is 0.103 e. The number of nitrogens with two attached hydrogens (primary N) is 1. The summed E-state index contributed by atoms with van der Waals surface area (Å²) in [6, 6.07) is 12.8. The van der Waals surface area contributed by atoms with E-state index >= 15 is 0 Å². The number of thiocarbonyl (C=S) groups is 1. The molecule has 0 fully saturated rings. The van der Waals surface area contributed by atoms with Crippen molar-refractivity contribution in [3.63, 3.8) is 0 Å². The van der Waals surface area contributed by atoms with Gasteiger partial charge in [0.1, 0.15) is 4.99 Å². The SMILES string of the molecule is NC(=S)c1ccc(Nc2c(Cl)cccc2Cl)cc1. The Morgan fingerprint density at radius 3 is 2.06 bits per heavy atom. The van der Waals surface area contributed by atoms with Crippen molar-refractivity contribution in [2.45, 2.75) is 0 Å². The number of para-hydroxylation sites is 1. The van der Waals surface area contributed by atoms with Crippen LogP contribution in [0.1, 0.15) is 5.56 Å². The Kier molecular flexibility index (Phi) is 4.07. The first kappa shape index (κ1) is 13.1. The van der Waals surface area contributed by atoms with Crippen LogP contribution in [0.4, 0.5) is 11.4 Å². The first-order valence-corrected chi connectivity index (χ1v) is 6.35. The lowest BCUT2D eigenvalue weighted by molar-refractivity contribution is 1.53. The second-order valence-corrected chi connectivity index (χ2v) is 4.92. The van der Waals surface area contributed by atoms with Crippen LogP contribution in [0.3, 0.4) is 0 Å². The van der Waals surface area contributed by atoms with Crippen LogP contribution in [0.2, 0.25) is 10.0 Å². The van der Waals surface area contributed by atoms with E-state index in [0.29, 0.717) is 20.7 Å². The Morgan fingerprint density at radius 1 is 1.00 bits per heavy atom. The predicted octanol–water partition coefficient (Wildman–Crippen LogP) is 4.37. The molecule has 92 valence electrons. The minimum atomic E-state index is 0.373. The standard InChI is InChI=1S/C13H10Cl2N2S/c14-10-2-1-3-11(15)12(10)17-9-6-4-8(5-7-9)13(16)18/h1-7,17H,(H2,16,18). The van der Waals surface area contributed by atoms with Crippen LogP contribution in [0.5, 0.6) is 0 Å².